The lowest BCUT2D eigenvalue weighted by Gasteiger charge is -2.32. The van der Waals surface area contributed by atoms with Crippen LogP contribution in [-0.2, 0) is 9.31 Å². The van der Waals surface area contributed by atoms with Gasteiger partial charge >= 0.3 is 7.12 Å². The molecule has 1 heterocycles. The van der Waals surface area contributed by atoms with E-state index in [1.54, 1.807) is 0 Å². The van der Waals surface area contributed by atoms with Crippen molar-refractivity contribution in [1.82, 2.24) is 0 Å². The standard InChI is InChI=1S/C25H32BNO2/c1-7-12-21(13-8-2)27(22-14-10-9-11-15-22)23-18-16-20(17-19-23)26-28-24(3,4)25(5,6)29-26/h7,9-19H,8H2,1-6H3/b12-7-,21-13+. The van der Waals surface area contributed by atoms with Crippen LogP contribution in [0.15, 0.2) is 78.5 Å². The van der Waals surface area contributed by atoms with E-state index in [1.807, 2.05) is 13.0 Å². The third kappa shape index (κ3) is 4.49. The first-order chi connectivity index (χ1) is 13.8. The SMILES string of the molecule is C/C=C\C(=C/CC)N(c1ccccc1)c1ccc(B2OC(C)(C)C(C)(C)O2)cc1. The maximum atomic E-state index is 6.20. The van der Waals surface area contributed by atoms with Gasteiger partial charge in [0.05, 0.1) is 11.2 Å². The smallest absolute Gasteiger partial charge is 0.399 e. The predicted molar refractivity (Wildman–Crippen MR) is 124 cm³/mol. The minimum Gasteiger partial charge on any atom is -0.399 e. The lowest BCUT2D eigenvalue weighted by Crippen LogP contribution is -2.41. The molecule has 0 radical (unpaired) electrons. The highest BCUT2D eigenvalue weighted by Gasteiger charge is 2.51. The summed E-state index contributed by atoms with van der Waals surface area (Å²) in [4.78, 5) is 2.28. The Hall–Kier alpha value is -2.30. The molecule has 2 aromatic carbocycles. The number of benzene rings is 2. The van der Waals surface area contributed by atoms with Gasteiger partial charge in [-0.25, -0.2) is 0 Å². The number of hydrogen-bond donors (Lipinski definition) is 0. The fraction of sp³-hybridized carbons (Fsp3) is 0.360. The van der Waals surface area contributed by atoms with E-state index in [0.29, 0.717) is 0 Å². The second-order valence-electron chi connectivity index (χ2n) is 8.39. The zero-order valence-corrected chi connectivity index (χ0v) is 18.5. The van der Waals surface area contributed by atoms with Gasteiger partial charge in [0.15, 0.2) is 0 Å². The van der Waals surface area contributed by atoms with Crippen molar-refractivity contribution < 1.29 is 9.31 Å². The van der Waals surface area contributed by atoms with Crippen molar-refractivity contribution in [3.05, 3.63) is 78.5 Å². The maximum Gasteiger partial charge on any atom is 0.494 e. The van der Waals surface area contributed by atoms with E-state index in [2.05, 4.69) is 106 Å². The second-order valence-corrected chi connectivity index (χ2v) is 8.39. The second kappa shape index (κ2) is 8.60. The van der Waals surface area contributed by atoms with Gasteiger partial charge in [-0.2, -0.15) is 0 Å². The Kier molecular flexibility index (Phi) is 6.35. The van der Waals surface area contributed by atoms with Gasteiger partial charge in [-0.3, -0.25) is 0 Å². The zero-order chi connectivity index (χ0) is 21.1. The number of allylic oxidation sites excluding steroid dienone is 3. The Morgan fingerprint density at radius 1 is 0.897 bits per heavy atom. The molecule has 0 aliphatic carbocycles. The highest BCUT2D eigenvalue weighted by Crippen LogP contribution is 2.37. The largest absolute Gasteiger partial charge is 0.494 e. The van der Waals surface area contributed by atoms with Crippen molar-refractivity contribution in [2.45, 2.75) is 59.2 Å². The van der Waals surface area contributed by atoms with E-state index in [4.69, 9.17) is 9.31 Å². The van der Waals surface area contributed by atoms with Gasteiger partial charge in [0.2, 0.25) is 0 Å². The first kappa shape index (κ1) is 21.4. The summed E-state index contributed by atoms with van der Waals surface area (Å²) >= 11 is 0. The minimum atomic E-state index is -0.347. The molecule has 2 aromatic rings. The summed E-state index contributed by atoms with van der Waals surface area (Å²) in [7, 11) is -0.347. The van der Waals surface area contributed by atoms with Crippen LogP contribution >= 0.6 is 0 Å². The van der Waals surface area contributed by atoms with E-state index in [-0.39, 0.29) is 18.3 Å². The van der Waals surface area contributed by atoms with Gasteiger partial charge in [-0.05, 0) is 76.8 Å². The normalized spacial score (nSPS) is 18.4. The Labute approximate surface area is 176 Å². The average molecular weight is 389 g/mol. The Morgan fingerprint density at radius 3 is 1.97 bits per heavy atom. The van der Waals surface area contributed by atoms with E-state index >= 15 is 0 Å². The van der Waals surface area contributed by atoms with Crippen molar-refractivity contribution in [2.75, 3.05) is 4.90 Å². The molecular formula is C25H32BNO2. The van der Waals surface area contributed by atoms with Crippen molar-refractivity contribution in [3.63, 3.8) is 0 Å². The summed E-state index contributed by atoms with van der Waals surface area (Å²) in [5, 5.41) is 0. The predicted octanol–water partition coefficient (Wildman–Crippen LogP) is 5.99. The molecule has 0 amide bonds. The lowest BCUT2D eigenvalue weighted by atomic mass is 9.79. The zero-order valence-electron chi connectivity index (χ0n) is 18.5. The molecular weight excluding hydrogens is 357 g/mol. The molecule has 29 heavy (non-hydrogen) atoms. The van der Waals surface area contributed by atoms with Gasteiger partial charge in [0.25, 0.3) is 0 Å². The number of anilines is 2. The molecule has 0 atom stereocenters. The van der Waals surface area contributed by atoms with Crippen LogP contribution in [0.25, 0.3) is 0 Å². The number of para-hydroxylation sites is 1. The van der Waals surface area contributed by atoms with Gasteiger partial charge < -0.3 is 14.2 Å². The third-order valence-electron chi connectivity index (χ3n) is 5.70. The van der Waals surface area contributed by atoms with Gasteiger partial charge in [0, 0.05) is 17.1 Å². The average Bonchev–Trinajstić information content (AvgIpc) is 2.91. The van der Waals surface area contributed by atoms with Gasteiger partial charge in [0.1, 0.15) is 0 Å². The fourth-order valence-electron chi connectivity index (χ4n) is 3.40. The van der Waals surface area contributed by atoms with Crippen LogP contribution in [-0.4, -0.2) is 18.3 Å². The first-order valence-electron chi connectivity index (χ1n) is 10.4. The Bertz CT molecular complexity index is 853. The molecule has 3 rings (SSSR count). The maximum absolute atomic E-state index is 6.20. The summed E-state index contributed by atoms with van der Waals surface area (Å²) in [5.74, 6) is 0. The van der Waals surface area contributed by atoms with Crippen LogP contribution in [0.3, 0.4) is 0 Å². The van der Waals surface area contributed by atoms with Crippen LogP contribution in [0, 0.1) is 0 Å². The molecule has 0 aromatic heterocycles. The van der Waals surface area contributed by atoms with Crippen LogP contribution in [0.5, 0.6) is 0 Å². The summed E-state index contributed by atoms with van der Waals surface area (Å²) < 4.78 is 12.4. The van der Waals surface area contributed by atoms with Gasteiger partial charge in [-0.15, -0.1) is 0 Å². The first-order valence-corrected chi connectivity index (χ1v) is 10.4. The van der Waals surface area contributed by atoms with Crippen molar-refractivity contribution in [1.29, 1.82) is 0 Å². The molecule has 0 spiro atoms. The summed E-state index contributed by atoms with van der Waals surface area (Å²) in [6.45, 7) is 12.5. The summed E-state index contributed by atoms with van der Waals surface area (Å²) in [6, 6.07) is 18.9. The van der Waals surface area contributed by atoms with Gasteiger partial charge in [-0.1, -0.05) is 49.4 Å². The molecule has 152 valence electrons. The van der Waals surface area contributed by atoms with Crippen LogP contribution < -0.4 is 10.4 Å². The molecule has 0 unspecified atom stereocenters. The van der Waals surface area contributed by atoms with Crippen LogP contribution in [0.1, 0.15) is 48.0 Å². The molecule has 4 heteroatoms. The van der Waals surface area contributed by atoms with Crippen molar-refractivity contribution >= 4 is 24.0 Å². The summed E-state index contributed by atoms with van der Waals surface area (Å²) in [6.07, 6.45) is 7.44. The quantitative estimate of drug-likeness (QED) is 0.447. The van der Waals surface area contributed by atoms with Crippen LogP contribution in [0.4, 0.5) is 11.4 Å². The summed E-state index contributed by atoms with van der Waals surface area (Å²) in [5.41, 5.74) is 3.75. The monoisotopic (exact) mass is 389 g/mol. The Morgan fingerprint density at radius 2 is 1.45 bits per heavy atom. The molecule has 0 saturated carbocycles. The fourth-order valence-corrected chi connectivity index (χ4v) is 3.40. The number of rotatable bonds is 6. The van der Waals surface area contributed by atoms with Crippen molar-refractivity contribution in [2.24, 2.45) is 0 Å². The van der Waals surface area contributed by atoms with Crippen molar-refractivity contribution in [3.8, 4) is 0 Å². The lowest BCUT2D eigenvalue weighted by molar-refractivity contribution is 0.00578. The molecule has 0 N–H and O–H groups in total. The molecule has 1 aliphatic rings. The highest BCUT2D eigenvalue weighted by molar-refractivity contribution is 6.62. The van der Waals surface area contributed by atoms with Crippen LogP contribution in [0.2, 0.25) is 0 Å². The van der Waals surface area contributed by atoms with E-state index < -0.39 is 0 Å². The Balaban J connectivity index is 1.95. The van der Waals surface area contributed by atoms with E-state index in [1.165, 1.54) is 0 Å². The molecule has 1 saturated heterocycles. The molecule has 1 fully saturated rings. The number of hydrogen-bond acceptors (Lipinski definition) is 3. The third-order valence-corrected chi connectivity index (χ3v) is 5.70. The minimum absolute atomic E-state index is 0.338. The topological polar surface area (TPSA) is 21.7 Å². The molecule has 0 bridgehead atoms. The van der Waals surface area contributed by atoms with E-state index in [9.17, 15) is 0 Å². The molecule has 1 aliphatic heterocycles. The molecule has 3 nitrogen and oxygen atoms in total. The van der Waals surface area contributed by atoms with E-state index in [0.717, 1.165) is 29.0 Å². The number of nitrogens with zero attached hydrogens (tertiary/aromatic N) is 1. The highest BCUT2D eigenvalue weighted by atomic mass is 16.7.